The molecule has 3 heteroatoms. The highest BCUT2D eigenvalue weighted by molar-refractivity contribution is 5.72. The van der Waals surface area contributed by atoms with Crippen molar-refractivity contribution < 1.29 is 5.84 Å². The summed E-state index contributed by atoms with van der Waals surface area (Å²) >= 11 is 0. The van der Waals surface area contributed by atoms with Gasteiger partial charge in [0.25, 0.3) is 0 Å². The fraction of sp³-hybridized carbons (Fsp3) is 0.125. The van der Waals surface area contributed by atoms with Crippen molar-refractivity contribution in [3.8, 4) is 0 Å². The number of nitrogens with one attached hydrogen (secondary N) is 1. The van der Waals surface area contributed by atoms with Crippen LogP contribution in [0.5, 0.6) is 0 Å². The summed E-state index contributed by atoms with van der Waals surface area (Å²) in [5.41, 5.74) is 2.45. The maximum atomic E-state index is 10.7. The molecular formula is C8H9NO2. The van der Waals surface area contributed by atoms with Crippen LogP contribution < -0.4 is 5.76 Å². The second-order valence-electron chi connectivity index (χ2n) is 2.51. The highest BCUT2D eigenvalue weighted by Crippen LogP contribution is 2.10. The van der Waals surface area contributed by atoms with Crippen molar-refractivity contribution in [3.05, 3.63) is 34.3 Å². The van der Waals surface area contributed by atoms with Crippen molar-refractivity contribution in [2.45, 2.75) is 6.92 Å². The maximum Gasteiger partial charge on any atom is 0.417 e. The third-order valence-corrected chi connectivity index (χ3v) is 1.58. The third kappa shape index (κ3) is 0.941. The quantitative estimate of drug-likeness (QED) is 0.622. The van der Waals surface area contributed by atoms with Gasteiger partial charge in [-0.2, -0.15) is 0 Å². The molecule has 1 aromatic carbocycles. The lowest BCUT2D eigenvalue weighted by Gasteiger charge is -1.87. The van der Waals surface area contributed by atoms with Crippen LogP contribution in [0.1, 0.15) is 6.99 Å². The Morgan fingerprint density at radius 2 is 2.36 bits per heavy atom. The van der Waals surface area contributed by atoms with Gasteiger partial charge in [0.2, 0.25) is 0 Å². The number of hydrogen-bond donors (Lipinski definition) is 1. The third-order valence-electron chi connectivity index (χ3n) is 1.58. The lowest BCUT2D eigenvalue weighted by Crippen LogP contribution is -1.92. The molecule has 0 amide bonds. The number of hydrogen-bond acceptors (Lipinski definition) is 2. The number of rotatable bonds is 0. The highest BCUT2D eigenvalue weighted by atomic mass is 16.4. The summed E-state index contributed by atoms with van der Waals surface area (Å²) in [4.78, 5) is 13.2. The lowest BCUT2D eigenvalue weighted by molar-refractivity contribution is 0.555. The Morgan fingerprint density at radius 1 is 1.55 bits per heavy atom. The smallest absolute Gasteiger partial charge is 0.408 e. The molecule has 0 saturated heterocycles. The Labute approximate surface area is 64.1 Å². The summed E-state index contributed by atoms with van der Waals surface area (Å²) in [5, 5.41) is 0. The van der Waals surface area contributed by atoms with E-state index in [-0.39, 0.29) is 1.43 Å². The second-order valence-corrected chi connectivity index (χ2v) is 2.51. The van der Waals surface area contributed by atoms with Crippen molar-refractivity contribution in [1.29, 1.82) is 0 Å². The molecule has 2 rings (SSSR count). The normalized spacial score (nSPS) is 10.6. The number of benzene rings is 1. The van der Waals surface area contributed by atoms with Crippen LogP contribution in [0.15, 0.2) is 27.4 Å². The summed E-state index contributed by atoms with van der Waals surface area (Å²) in [6, 6.07) is 5.58. The largest absolute Gasteiger partial charge is 0.417 e. The molecule has 0 unspecified atom stereocenters. The molecule has 0 aliphatic carbocycles. The van der Waals surface area contributed by atoms with Crippen molar-refractivity contribution in [2.24, 2.45) is 0 Å². The molecule has 1 N–H and O–H groups in total. The highest BCUT2D eigenvalue weighted by Gasteiger charge is 1.98. The minimum atomic E-state index is -0.398. The van der Waals surface area contributed by atoms with Crippen LogP contribution in [0, 0.1) is 6.92 Å². The van der Waals surface area contributed by atoms with Gasteiger partial charge in [-0.05, 0) is 24.6 Å². The van der Waals surface area contributed by atoms with Gasteiger partial charge in [0, 0.05) is 1.43 Å². The van der Waals surface area contributed by atoms with Crippen LogP contribution in [0.3, 0.4) is 0 Å². The Kier molecular flexibility index (Phi) is 1.12. The fourth-order valence-corrected chi connectivity index (χ4v) is 1.05. The molecule has 0 saturated carbocycles. The molecule has 3 nitrogen and oxygen atoms in total. The summed E-state index contributed by atoms with van der Waals surface area (Å²) in [6.07, 6.45) is 0. The minimum Gasteiger partial charge on any atom is -0.408 e. The van der Waals surface area contributed by atoms with E-state index in [9.17, 15) is 4.79 Å². The van der Waals surface area contributed by atoms with Gasteiger partial charge >= 0.3 is 5.76 Å². The Hall–Kier alpha value is -1.51. The van der Waals surface area contributed by atoms with Gasteiger partial charge in [-0.1, -0.05) is 6.07 Å². The number of aryl methyl sites for hydroxylation is 1. The summed E-state index contributed by atoms with van der Waals surface area (Å²) in [6.45, 7) is 1.95. The van der Waals surface area contributed by atoms with Crippen molar-refractivity contribution in [2.75, 3.05) is 0 Å². The molecule has 58 valence electrons. The molecule has 0 aliphatic heterocycles. The number of oxazole rings is 1. The first kappa shape index (κ1) is 6.22. The van der Waals surface area contributed by atoms with Crippen LogP contribution in [0.4, 0.5) is 0 Å². The van der Waals surface area contributed by atoms with E-state index in [1.54, 1.807) is 0 Å². The standard InChI is InChI=1S/C8H7NO2.H2/c1-5-2-3-6-7(4-5)11-8(10)9-6;/h2-4H,1H3,(H,9,10);1H. The molecule has 1 aromatic heterocycles. The topological polar surface area (TPSA) is 46.0 Å². The molecule has 0 spiro atoms. The SMILES string of the molecule is Cc1ccc2[nH]c(=O)oc2c1.[HH]. The number of aromatic amines is 1. The molecule has 0 bridgehead atoms. The first-order valence-electron chi connectivity index (χ1n) is 3.35. The summed E-state index contributed by atoms with van der Waals surface area (Å²) in [7, 11) is 0. The molecule has 11 heavy (non-hydrogen) atoms. The summed E-state index contributed by atoms with van der Waals surface area (Å²) in [5.74, 6) is -0.398. The van der Waals surface area contributed by atoms with Crippen LogP contribution in [0.25, 0.3) is 11.1 Å². The van der Waals surface area contributed by atoms with Gasteiger partial charge in [-0.15, -0.1) is 0 Å². The van der Waals surface area contributed by atoms with Crippen molar-refractivity contribution in [1.82, 2.24) is 4.98 Å². The minimum absolute atomic E-state index is 0. The molecule has 0 aliphatic rings. The van der Waals surface area contributed by atoms with Crippen molar-refractivity contribution in [3.63, 3.8) is 0 Å². The molecule has 0 fully saturated rings. The van der Waals surface area contributed by atoms with E-state index in [0.717, 1.165) is 11.1 Å². The fourth-order valence-electron chi connectivity index (χ4n) is 1.05. The van der Waals surface area contributed by atoms with E-state index in [4.69, 9.17) is 4.42 Å². The van der Waals surface area contributed by atoms with Gasteiger partial charge in [-0.3, -0.25) is 4.98 Å². The van der Waals surface area contributed by atoms with Crippen LogP contribution >= 0.6 is 0 Å². The predicted octanol–water partition coefficient (Wildman–Crippen LogP) is 1.68. The average molecular weight is 151 g/mol. The first-order chi connectivity index (χ1) is 5.25. The van der Waals surface area contributed by atoms with Gasteiger partial charge in [0.15, 0.2) is 5.58 Å². The van der Waals surface area contributed by atoms with Crippen LogP contribution in [-0.2, 0) is 0 Å². The second kappa shape index (κ2) is 1.99. The van der Waals surface area contributed by atoms with Gasteiger partial charge in [-0.25, -0.2) is 4.79 Å². The zero-order chi connectivity index (χ0) is 7.84. The van der Waals surface area contributed by atoms with Crippen molar-refractivity contribution >= 4 is 11.1 Å². The van der Waals surface area contributed by atoms with Gasteiger partial charge in [0.05, 0.1) is 5.52 Å². The maximum absolute atomic E-state index is 10.7. The Balaban J connectivity index is 0.000000720. The molecule has 2 aromatic rings. The van der Waals surface area contributed by atoms with E-state index in [1.807, 2.05) is 25.1 Å². The molecule has 1 heterocycles. The van der Waals surface area contributed by atoms with Crippen LogP contribution in [-0.4, -0.2) is 4.98 Å². The number of H-pyrrole nitrogens is 1. The van der Waals surface area contributed by atoms with E-state index in [0.29, 0.717) is 5.58 Å². The molecule has 0 radical (unpaired) electrons. The molecular weight excluding hydrogens is 142 g/mol. The number of fused-ring (bicyclic) bond motifs is 1. The molecule has 0 atom stereocenters. The van der Waals surface area contributed by atoms with E-state index >= 15 is 0 Å². The van der Waals surface area contributed by atoms with E-state index in [1.165, 1.54) is 0 Å². The zero-order valence-electron chi connectivity index (χ0n) is 6.05. The Morgan fingerprint density at radius 3 is 3.18 bits per heavy atom. The summed E-state index contributed by atoms with van der Waals surface area (Å²) < 4.78 is 4.84. The Bertz CT molecular complexity index is 443. The van der Waals surface area contributed by atoms with Gasteiger partial charge < -0.3 is 4.42 Å². The van der Waals surface area contributed by atoms with Crippen LogP contribution in [0.2, 0.25) is 0 Å². The lowest BCUT2D eigenvalue weighted by atomic mass is 10.2. The van der Waals surface area contributed by atoms with Gasteiger partial charge in [0.1, 0.15) is 0 Å². The first-order valence-corrected chi connectivity index (χ1v) is 3.35. The monoisotopic (exact) mass is 151 g/mol. The average Bonchev–Trinajstić information content (AvgIpc) is 2.27. The number of aromatic nitrogens is 1. The van der Waals surface area contributed by atoms with E-state index < -0.39 is 5.76 Å². The van der Waals surface area contributed by atoms with E-state index in [2.05, 4.69) is 4.98 Å². The predicted molar refractivity (Wildman–Crippen MR) is 43.7 cm³/mol. The zero-order valence-corrected chi connectivity index (χ0v) is 6.05.